The fourth-order valence-electron chi connectivity index (χ4n) is 9.29. The Hall–Kier alpha value is -7.29. The maximum absolute atomic E-state index is 14.2. The van der Waals surface area contributed by atoms with E-state index < -0.39 is 29.4 Å². The first-order valence-corrected chi connectivity index (χ1v) is 22.2. The molecule has 0 unspecified atom stereocenters. The van der Waals surface area contributed by atoms with E-state index in [1.165, 1.54) is 63.7 Å². The standard InChI is InChI=1S/C28H28N.C26H19Cl2N5O4/c1-5-13-25(14-6-1)21-29(22-26-15-7-2-8-16-26,23-27-17-9-3-10-18-27)24-28-19-11-4-12-20-28;1-31-25(37)33(20-9-18(27)8-19(28)10-20)24(36)26(31)14-32(22-7-6-17(12-30-22)23(34)35)13-21(26)16-4-2-15(11-29)3-5-16/h1-20H,21-24H2;2-10,12,21H,13-14H2,1H3,(H,34,35)/q+1;/p-1/t;21-,26+/m.0/s1. The molecule has 2 fully saturated rings. The van der Waals surface area contributed by atoms with E-state index in [-0.39, 0.29) is 27.8 Å². The van der Waals surface area contributed by atoms with E-state index in [0.717, 1.165) is 41.1 Å². The van der Waals surface area contributed by atoms with E-state index in [4.69, 9.17) is 23.2 Å². The maximum Gasteiger partial charge on any atom is 0.332 e. The number of amides is 3. The van der Waals surface area contributed by atoms with E-state index in [2.05, 4.69) is 132 Å². The first kappa shape index (κ1) is 45.3. The number of carboxylic acid groups (broad SMARTS) is 1. The molecule has 2 saturated heterocycles. The number of aromatic carboxylic acids is 1. The Morgan fingerprint density at radius 2 is 1.18 bits per heavy atom. The molecule has 2 atom stereocenters. The summed E-state index contributed by atoms with van der Waals surface area (Å²) in [4.78, 5) is 47.5. The Morgan fingerprint density at radius 1 is 0.712 bits per heavy atom. The molecule has 330 valence electrons. The van der Waals surface area contributed by atoms with Crippen LogP contribution in [0.1, 0.15) is 49.7 Å². The number of pyridine rings is 1. The number of carboxylic acids is 1. The van der Waals surface area contributed by atoms with Gasteiger partial charge in [0.2, 0.25) is 0 Å². The van der Waals surface area contributed by atoms with Crippen LogP contribution in [0.3, 0.4) is 0 Å². The Labute approximate surface area is 394 Å². The van der Waals surface area contributed by atoms with Gasteiger partial charge in [-0.05, 0) is 48.0 Å². The summed E-state index contributed by atoms with van der Waals surface area (Å²) in [6.45, 7) is 4.40. The van der Waals surface area contributed by atoms with Gasteiger partial charge in [0, 0.05) is 63.6 Å². The van der Waals surface area contributed by atoms with Crippen LogP contribution in [-0.4, -0.2) is 58.0 Å². The number of urea groups is 1. The van der Waals surface area contributed by atoms with E-state index in [1.807, 2.05) is 4.90 Å². The fourth-order valence-corrected chi connectivity index (χ4v) is 9.81. The molecule has 10 nitrogen and oxygen atoms in total. The third kappa shape index (κ3) is 9.84. The summed E-state index contributed by atoms with van der Waals surface area (Å²) >= 11 is 12.3. The molecule has 2 aliphatic heterocycles. The van der Waals surface area contributed by atoms with Gasteiger partial charge in [0.15, 0.2) is 0 Å². The SMILES string of the molecule is CN1C(=O)N(c2cc(Cl)cc(Cl)c2)C(=O)[C@]12CN(c1ccc(C(=O)[O-])cn1)C[C@H]2c1ccc(C#N)cc1.c1ccc(C[N+](Cc2ccccc2)(Cc2ccccc2)Cc2ccccc2)cc1. The smallest absolute Gasteiger partial charge is 0.332 e. The predicted molar refractivity (Wildman–Crippen MR) is 255 cm³/mol. The quantitative estimate of drug-likeness (QED) is 0.0885. The highest BCUT2D eigenvalue weighted by Crippen LogP contribution is 2.47. The number of nitrogens with zero attached hydrogens (tertiary/aromatic N) is 6. The molecule has 0 saturated carbocycles. The minimum atomic E-state index is -1.35. The van der Waals surface area contributed by atoms with Crippen LogP contribution >= 0.6 is 23.2 Å². The Bertz CT molecular complexity index is 2660. The van der Waals surface area contributed by atoms with Crippen molar-refractivity contribution >= 4 is 52.6 Å². The van der Waals surface area contributed by atoms with Crippen molar-refractivity contribution in [3.05, 3.63) is 231 Å². The lowest BCUT2D eigenvalue weighted by Gasteiger charge is -2.39. The summed E-state index contributed by atoms with van der Waals surface area (Å²) in [5.74, 6) is -1.86. The summed E-state index contributed by atoms with van der Waals surface area (Å²) in [5.41, 5.74) is 5.61. The van der Waals surface area contributed by atoms with Crippen molar-refractivity contribution in [3.63, 3.8) is 0 Å². The van der Waals surface area contributed by atoms with E-state index in [0.29, 0.717) is 17.9 Å². The summed E-state index contributed by atoms with van der Waals surface area (Å²) in [6.07, 6.45) is 1.19. The summed E-state index contributed by atoms with van der Waals surface area (Å²) in [6, 6.07) is 59.5. The zero-order chi connectivity index (χ0) is 46.3. The van der Waals surface area contributed by atoms with Crippen molar-refractivity contribution < 1.29 is 24.0 Å². The number of rotatable bonds is 12. The highest BCUT2D eigenvalue weighted by molar-refractivity contribution is 6.36. The predicted octanol–water partition coefficient (Wildman–Crippen LogP) is 9.67. The topological polar surface area (TPSA) is 121 Å². The number of aromatic nitrogens is 1. The average Bonchev–Trinajstić information content (AvgIpc) is 3.82. The van der Waals surface area contributed by atoms with Crippen LogP contribution in [0, 0.1) is 11.3 Å². The van der Waals surface area contributed by atoms with Crippen molar-refractivity contribution in [3.8, 4) is 6.07 Å². The molecule has 12 heteroatoms. The van der Waals surface area contributed by atoms with Gasteiger partial charge in [-0.3, -0.25) is 4.79 Å². The van der Waals surface area contributed by atoms with E-state index in [9.17, 15) is 24.8 Å². The zero-order valence-electron chi connectivity index (χ0n) is 36.2. The highest BCUT2D eigenvalue weighted by Gasteiger charge is 2.64. The van der Waals surface area contributed by atoms with E-state index in [1.54, 1.807) is 31.3 Å². The van der Waals surface area contributed by atoms with Gasteiger partial charge < -0.3 is 24.2 Å². The second kappa shape index (κ2) is 19.8. The Balaban J connectivity index is 0.000000185. The number of carbonyl (C=O) groups is 3. The molecular weight excluding hydrogens is 868 g/mol. The molecule has 3 heterocycles. The fraction of sp³-hybridized carbons (Fsp3) is 0.167. The molecule has 7 aromatic rings. The van der Waals surface area contributed by atoms with Crippen molar-refractivity contribution in [1.82, 2.24) is 9.88 Å². The van der Waals surface area contributed by atoms with Crippen LogP contribution in [0.25, 0.3) is 0 Å². The third-order valence-electron chi connectivity index (χ3n) is 12.4. The van der Waals surface area contributed by atoms with Crippen molar-refractivity contribution in [2.24, 2.45) is 0 Å². The van der Waals surface area contributed by atoms with Gasteiger partial charge in [0.05, 0.1) is 29.8 Å². The average molecular weight is 914 g/mol. The summed E-state index contributed by atoms with van der Waals surface area (Å²) in [5, 5.41) is 21.0. The third-order valence-corrected chi connectivity index (χ3v) is 12.8. The minimum absolute atomic E-state index is 0.0745. The number of carbonyl (C=O) groups excluding carboxylic acids is 3. The molecule has 6 aromatic carbocycles. The lowest BCUT2D eigenvalue weighted by Crippen LogP contribution is -2.53. The van der Waals surface area contributed by atoms with Gasteiger partial charge in [-0.2, -0.15) is 5.26 Å². The number of benzene rings is 6. The van der Waals surface area contributed by atoms with Gasteiger partial charge in [-0.15, -0.1) is 0 Å². The molecular formula is C54H46Cl2N6O4. The number of quaternary nitrogens is 1. The molecule has 1 aromatic heterocycles. The lowest BCUT2D eigenvalue weighted by atomic mass is 9.80. The number of nitriles is 1. The zero-order valence-corrected chi connectivity index (χ0v) is 37.7. The number of halogens is 2. The number of hydrogen-bond acceptors (Lipinski definition) is 7. The molecule has 9 rings (SSSR count). The summed E-state index contributed by atoms with van der Waals surface area (Å²) in [7, 11) is 1.57. The van der Waals surface area contributed by atoms with Crippen LogP contribution in [-0.2, 0) is 31.0 Å². The van der Waals surface area contributed by atoms with Crippen molar-refractivity contribution in [2.45, 2.75) is 37.6 Å². The second-order valence-corrected chi connectivity index (χ2v) is 17.7. The van der Waals surface area contributed by atoms with Crippen LogP contribution in [0.5, 0.6) is 0 Å². The molecule has 0 aliphatic carbocycles. The molecule has 2 aliphatic rings. The van der Waals surface area contributed by atoms with Crippen molar-refractivity contribution in [1.29, 1.82) is 5.26 Å². The van der Waals surface area contributed by atoms with Gasteiger partial charge in [-0.25, -0.2) is 14.7 Å². The minimum Gasteiger partial charge on any atom is -0.545 e. The first-order valence-electron chi connectivity index (χ1n) is 21.5. The monoisotopic (exact) mass is 912 g/mol. The number of imide groups is 1. The number of hydrogen-bond donors (Lipinski definition) is 0. The molecule has 66 heavy (non-hydrogen) atoms. The molecule has 1 spiro atoms. The second-order valence-electron chi connectivity index (χ2n) is 16.8. The Morgan fingerprint density at radius 3 is 1.59 bits per heavy atom. The normalized spacial score (nSPS) is 16.8. The number of anilines is 2. The van der Waals surface area contributed by atoms with Crippen LogP contribution in [0.4, 0.5) is 16.3 Å². The maximum atomic E-state index is 14.2. The van der Waals surface area contributed by atoms with Gasteiger partial charge in [0.1, 0.15) is 37.5 Å². The summed E-state index contributed by atoms with van der Waals surface area (Å²) < 4.78 is 0.960. The van der Waals surface area contributed by atoms with Gasteiger partial charge in [-0.1, -0.05) is 157 Å². The highest BCUT2D eigenvalue weighted by atomic mass is 35.5. The van der Waals surface area contributed by atoms with Crippen LogP contribution < -0.4 is 14.9 Å². The van der Waals surface area contributed by atoms with Crippen LogP contribution in [0.15, 0.2) is 182 Å². The van der Waals surface area contributed by atoms with E-state index >= 15 is 0 Å². The van der Waals surface area contributed by atoms with Crippen molar-refractivity contribution in [2.75, 3.05) is 29.9 Å². The van der Waals surface area contributed by atoms with Gasteiger partial charge in [0.25, 0.3) is 5.91 Å². The molecule has 3 amide bonds. The van der Waals surface area contributed by atoms with Crippen LogP contribution in [0.2, 0.25) is 10.0 Å². The van der Waals surface area contributed by atoms with Gasteiger partial charge >= 0.3 is 6.03 Å². The first-order chi connectivity index (χ1) is 32.0. The molecule has 0 radical (unpaired) electrons. The largest absolute Gasteiger partial charge is 0.545 e. The molecule has 0 N–H and O–H groups in total. The molecule has 0 bridgehead atoms. The Kier molecular flexibility index (Phi) is 13.6. The lowest BCUT2D eigenvalue weighted by molar-refractivity contribution is -0.978. The number of likely N-dealkylation sites (N-methyl/N-ethyl adjacent to an activating group) is 1.